The number of carbonyl (C=O) groups is 1. The van der Waals surface area contributed by atoms with Gasteiger partial charge in [-0.25, -0.2) is 8.78 Å². The monoisotopic (exact) mass is 309 g/mol. The molecule has 1 aliphatic rings. The Morgan fingerprint density at radius 2 is 2.14 bits per heavy atom. The molecule has 1 aliphatic heterocycles. The topological polar surface area (TPSA) is 33.5 Å². The lowest BCUT2D eigenvalue weighted by molar-refractivity contribution is -0.128. The number of rotatable bonds is 3. The maximum absolute atomic E-state index is 13.8. The van der Waals surface area contributed by atoms with Gasteiger partial charge in [0.05, 0.1) is 12.3 Å². The Labute approximate surface area is 124 Å². The van der Waals surface area contributed by atoms with Crippen molar-refractivity contribution < 1.29 is 18.0 Å². The Kier molecular flexibility index (Phi) is 3.71. The molecule has 0 aliphatic carbocycles. The molecule has 1 saturated heterocycles. The summed E-state index contributed by atoms with van der Waals surface area (Å²) in [4.78, 5) is 13.5. The van der Waals surface area contributed by atoms with E-state index in [9.17, 15) is 13.6 Å². The first-order chi connectivity index (χ1) is 10.1. The lowest BCUT2D eigenvalue weighted by Crippen LogP contribution is -2.28. The van der Waals surface area contributed by atoms with Gasteiger partial charge in [0.2, 0.25) is 5.91 Å². The zero-order valence-electron chi connectivity index (χ0n) is 11.3. The van der Waals surface area contributed by atoms with E-state index in [2.05, 4.69) is 0 Å². The van der Waals surface area contributed by atoms with Crippen molar-refractivity contribution in [3.05, 3.63) is 59.1 Å². The summed E-state index contributed by atoms with van der Waals surface area (Å²) in [6, 6.07) is 7.61. The van der Waals surface area contributed by atoms with Crippen molar-refractivity contribution in [2.75, 3.05) is 5.75 Å². The first kappa shape index (κ1) is 14.1. The van der Waals surface area contributed by atoms with Gasteiger partial charge >= 0.3 is 0 Å². The molecule has 1 aromatic heterocycles. The molecule has 1 aromatic carbocycles. The van der Waals surface area contributed by atoms with Crippen LogP contribution in [0.1, 0.15) is 22.5 Å². The van der Waals surface area contributed by atoms with Crippen LogP contribution in [0.2, 0.25) is 0 Å². The van der Waals surface area contributed by atoms with Crippen molar-refractivity contribution in [3.8, 4) is 0 Å². The van der Waals surface area contributed by atoms with Crippen LogP contribution in [-0.2, 0) is 11.3 Å². The zero-order chi connectivity index (χ0) is 15.0. The molecular formula is C15H13F2NO2S. The summed E-state index contributed by atoms with van der Waals surface area (Å²) in [5.41, 5.74) is 0.166. The van der Waals surface area contributed by atoms with Gasteiger partial charge in [-0.15, -0.1) is 11.8 Å². The van der Waals surface area contributed by atoms with E-state index in [1.165, 1.54) is 28.8 Å². The second kappa shape index (κ2) is 5.52. The van der Waals surface area contributed by atoms with Gasteiger partial charge in [-0.3, -0.25) is 4.79 Å². The van der Waals surface area contributed by atoms with Gasteiger partial charge in [0.1, 0.15) is 16.9 Å². The lowest BCUT2D eigenvalue weighted by Gasteiger charge is -2.22. The smallest absolute Gasteiger partial charge is 0.234 e. The Hall–Kier alpha value is -1.82. The van der Waals surface area contributed by atoms with E-state index in [0.29, 0.717) is 11.5 Å². The third-order valence-corrected chi connectivity index (χ3v) is 4.56. The van der Waals surface area contributed by atoms with Crippen LogP contribution in [0.4, 0.5) is 8.78 Å². The van der Waals surface area contributed by atoms with Crippen molar-refractivity contribution in [2.24, 2.45) is 0 Å². The molecular weight excluding hydrogens is 296 g/mol. The number of aryl methyl sites for hydroxylation is 1. The number of furan rings is 1. The van der Waals surface area contributed by atoms with E-state index in [1.54, 1.807) is 6.07 Å². The number of halogens is 2. The number of thioether (sulfide) groups is 1. The minimum absolute atomic E-state index is 0.0276. The van der Waals surface area contributed by atoms with Gasteiger partial charge in [-0.05, 0) is 25.1 Å². The standard InChI is InChI=1S/C15H13F2NO2S/c1-9-5-6-12(20-9)15-18(13(19)8-21-15)7-10-3-2-4-11(16)14(10)17/h2-6,15H,7-8H2,1H3. The maximum atomic E-state index is 13.8. The molecule has 110 valence electrons. The maximum Gasteiger partial charge on any atom is 0.234 e. The summed E-state index contributed by atoms with van der Waals surface area (Å²) in [6.07, 6.45) is 0. The quantitative estimate of drug-likeness (QED) is 0.868. The van der Waals surface area contributed by atoms with E-state index in [1.807, 2.05) is 13.0 Å². The first-order valence-corrected chi connectivity index (χ1v) is 7.51. The van der Waals surface area contributed by atoms with Crippen LogP contribution >= 0.6 is 11.8 Å². The lowest BCUT2D eigenvalue weighted by atomic mass is 10.2. The molecule has 0 spiro atoms. The largest absolute Gasteiger partial charge is 0.463 e. The van der Waals surface area contributed by atoms with E-state index in [0.717, 1.165) is 11.8 Å². The highest BCUT2D eigenvalue weighted by Crippen LogP contribution is 2.40. The van der Waals surface area contributed by atoms with Gasteiger partial charge in [-0.2, -0.15) is 0 Å². The molecule has 3 rings (SSSR count). The minimum atomic E-state index is -0.906. The van der Waals surface area contributed by atoms with Crippen molar-refractivity contribution in [1.82, 2.24) is 4.90 Å². The molecule has 1 unspecified atom stereocenters. The number of hydrogen-bond donors (Lipinski definition) is 0. The number of nitrogens with zero attached hydrogens (tertiary/aromatic N) is 1. The number of hydrogen-bond acceptors (Lipinski definition) is 3. The van der Waals surface area contributed by atoms with Gasteiger partial charge in [0.25, 0.3) is 0 Å². The fourth-order valence-corrected chi connectivity index (χ4v) is 3.43. The average molecular weight is 309 g/mol. The summed E-state index contributed by atoms with van der Waals surface area (Å²) in [5.74, 6) is -0.208. The Bertz CT molecular complexity index is 686. The SMILES string of the molecule is Cc1ccc(C2SCC(=O)N2Cc2cccc(F)c2F)o1. The van der Waals surface area contributed by atoms with Crippen LogP contribution in [0.25, 0.3) is 0 Å². The van der Waals surface area contributed by atoms with E-state index < -0.39 is 11.6 Å². The molecule has 0 bridgehead atoms. The first-order valence-electron chi connectivity index (χ1n) is 6.46. The van der Waals surface area contributed by atoms with Crippen LogP contribution in [-0.4, -0.2) is 16.6 Å². The molecule has 0 saturated carbocycles. The van der Waals surface area contributed by atoms with Crippen LogP contribution in [0.15, 0.2) is 34.7 Å². The molecule has 2 heterocycles. The summed E-state index contributed by atoms with van der Waals surface area (Å²) in [6.45, 7) is 1.85. The molecule has 3 nitrogen and oxygen atoms in total. The Morgan fingerprint density at radius 1 is 1.33 bits per heavy atom. The highest BCUT2D eigenvalue weighted by atomic mass is 32.2. The summed E-state index contributed by atoms with van der Waals surface area (Å²) in [5, 5.41) is -0.297. The number of carbonyl (C=O) groups excluding carboxylic acids is 1. The van der Waals surface area contributed by atoms with Crippen LogP contribution in [0.5, 0.6) is 0 Å². The summed E-state index contributed by atoms with van der Waals surface area (Å²) in [7, 11) is 0. The molecule has 0 N–H and O–H groups in total. The second-order valence-corrected chi connectivity index (χ2v) is 5.91. The van der Waals surface area contributed by atoms with Crippen LogP contribution < -0.4 is 0 Å². The highest BCUT2D eigenvalue weighted by molar-refractivity contribution is 8.00. The van der Waals surface area contributed by atoms with Crippen LogP contribution in [0, 0.1) is 18.6 Å². The normalized spacial score (nSPS) is 18.5. The fourth-order valence-electron chi connectivity index (χ4n) is 2.30. The predicted molar refractivity (Wildman–Crippen MR) is 75.6 cm³/mol. The van der Waals surface area contributed by atoms with Gasteiger partial charge in [0, 0.05) is 5.56 Å². The molecule has 0 radical (unpaired) electrons. The number of benzene rings is 1. The van der Waals surface area contributed by atoms with Crippen molar-refractivity contribution >= 4 is 17.7 Å². The second-order valence-electron chi connectivity index (χ2n) is 4.85. The third kappa shape index (κ3) is 2.68. The molecule has 21 heavy (non-hydrogen) atoms. The van der Waals surface area contributed by atoms with Crippen LogP contribution in [0.3, 0.4) is 0 Å². The highest BCUT2D eigenvalue weighted by Gasteiger charge is 2.35. The minimum Gasteiger partial charge on any atom is -0.463 e. The number of amides is 1. The predicted octanol–water partition coefficient (Wildman–Crippen LogP) is 3.64. The van der Waals surface area contributed by atoms with E-state index in [4.69, 9.17) is 4.42 Å². The zero-order valence-corrected chi connectivity index (χ0v) is 12.1. The fraction of sp³-hybridized carbons (Fsp3) is 0.267. The molecule has 6 heteroatoms. The molecule has 1 amide bonds. The summed E-state index contributed by atoms with van der Waals surface area (Å²) >= 11 is 1.42. The van der Waals surface area contributed by atoms with Gasteiger partial charge < -0.3 is 9.32 Å². The van der Waals surface area contributed by atoms with Gasteiger partial charge in [-0.1, -0.05) is 12.1 Å². The van der Waals surface area contributed by atoms with Crippen molar-refractivity contribution in [3.63, 3.8) is 0 Å². The summed E-state index contributed by atoms with van der Waals surface area (Å²) < 4.78 is 32.6. The molecule has 1 fully saturated rings. The van der Waals surface area contributed by atoms with Crippen molar-refractivity contribution in [1.29, 1.82) is 0 Å². The average Bonchev–Trinajstić information content (AvgIpc) is 3.02. The third-order valence-electron chi connectivity index (χ3n) is 3.34. The van der Waals surface area contributed by atoms with Crippen molar-refractivity contribution in [2.45, 2.75) is 18.8 Å². The molecule has 1 atom stereocenters. The van der Waals surface area contributed by atoms with E-state index in [-0.39, 0.29) is 23.4 Å². The molecule has 2 aromatic rings. The Balaban J connectivity index is 1.88. The van der Waals surface area contributed by atoms with Gasteiger partial charge in [0.15, 0.2) is 11.6 Å². The Morgan fingerprint density at radius 3 is 2.86 bits per heavy atom. The van der Waals surface area contributed by atoms with E-state index >= 15 is 0 Å².